The van der Waals surface area contributed by atoms with Crippen LogP contribution >= 0.6 is 0 Å². The van der Waals surface area contributed by atoms with Crippen LogP contribution in [-0.4, -0.2) is 75.0 Å². The molecule has 0 fully saturated rings. The molecule has 386 valence electrons. The predicted molar refractivity (Wildman–Crippen MR) is 284 cm³/mol. The summed E-state index contributed by atoms with van der Waals surface area (Å²) in [7, 11) is 0. The molecule has 0 aromatic carbocycles. The summed E-state index contributed by atoms with van der Waals surface area (Å²) >= 11 is 0. The molecule has 0 saturated carbocycles. The number of nitrogens with zero attached hydrogens (tertiary/aromatic N) is 1. The Morgan fingerprint density at radius 2 is 0.508 bits per heavy atom. The fourth-order valence-corrected chi connectivity index (χ4v) is 8.99. The lowest BCUT2D eigenvalue weighted by atomic mass is 10.0. The highest BCUT2D eigenvalue weighted by atomic mass is 16.2. The third-order valence-corrected chi connectivity index (χ3v) is 13.5. The Hall–Kier alpha value is -1.67. The first-order valence-electron chi connectivity index (χ1n) is 29.3. The van der Waals surface area contributed by atoms with E-state index >= 15 is 0 Å². The number of nitrogens with one attached hydrogen (secondary N) is 4. The quantitative estimate of drug-likeness (QED) is 0.0455. The molecule has 3 amide bonds. The first-order valence-corrected chi connectivity index (χ1v) is 29.3. The third-order valence-electron chi connectivity index (χ3n) is 13.5. The van der Waals surface area contributed by atoms with Gasteiger partial charge in [0, 0.05) is 58.5 Å². The van der Waals surface area contributed by atoms with Gasteiger partial charge in [0.15, 0.2) is 0 Å². The number of rotatable bonds is 55. The molecule has 0 saturated heterocycles. The first-order chi connectivity index (χ1) is 32.0. The zero-order chi connectivity index (χ0) is 47.2. The van der Waals surface area contributed by atoms with Gasteiger partial charge < -0.3 is 26.2 Å². The van der Waals surface area contributed by atoms with Crippen molar-refractivity contribution in [2.24, 2.45) is 0 Å². The van der Waals surface area contributed by atoms with Crippen molar-refractivity contribution in [3.8, 4) is 0 Å². The molecule has 0 aliphatic carbocycles. The van der Waals surface area contributed by atoms with Gasteiger partial charge in [0.1, 0.15) is 0 Å². The van der Waals surface area contributed by atoms with Gasteiger partial charge in [-0.3, -0.25) is 14.4 Å². The fraction of sp³-hybridized carbons (Fsp3) is 0.947. The van der Waals surface area contributed by atoms with Crippen LogP contribution in [0.15, 0.2) is 0 Å². The minimum absolute atomic E-state index is 0.115. The highest BCUT2D eigenvalue weighted by molar-refractivity contribution is 5.77. The molecule has 0 aromatic heterocycles. The average molecular weight is 919 g/mol. The highest BCUT2D eigenvalue weighted by Crippen LogP contribution is 2.15. The number of unbranched alkanes of at least 4 members (excludes halogenated alkanes) is 36. The molecule has 8 heteroatoms. The molecule has 0 heterocycles. The zero-order valence-corrected chi connectivity index (χ0v) is 44.2. The zero-order valence-electron chi connectivity index (χ0n) is 44.2. The molecule has 65 heavy (non-hydrogen) atoms. The van der Waals surface area contributed by atoms with Crippen LogP contribution in [0.1, 0.15) is 297 Å². The van der Waals surface area contributed by atoms with Crippen LogP contribution in [0.2, 0.25) is 0 Å². The standard InChI is InChI=1S/C57H115N5O3/c1-4-7-10-13-16-19-22-25-28-31-34-37-40-48-59-55(63)44-51-58-47-43-52-62(53-45-56(64)60-49-41-38-35-32-29-26-23-20-17-14-11-8-5-2)54-46-57(65)61-50-42-39-36-33-30-27-24-21-18-15-12-9-6-3/h58H,4-54H2,1-3H3,(H,59,63)(H,60,64)(H,61,65). The Morgan fingerprint density at radius 1 is 0.262 bits per heavy atom. The minimum atomic E-state index is 0.115. The van der Waals surface area contributed by atoms with E-state index in [2.05, 4.69) is 46.9 Å². The summed E-state index contributed by atoms with van der Waals surface area (Å²) in [5.41, 5.74) is 0. The summed E-state index contributed by atoms with van der Waals surface area (Å²) in [4.78, 5) is 40.3. The topological polar surface area (TPSA) is 103 Å². The van der Waals surface area contributed by atoms with Gasteiger partial charge in [-0.2, -0.15) is 0 Å². The highest BCUT2D eigenvalue weighted by Gasteiger charge is 2.11. The van der Waals surface area contributed by atoms with E-state index in [0.717, 1.165) is 58.4 Å². The Kier molecular flexibility index (Phi) is 53.5. The van der Waals surface area contributed by atoms with Crippen molar-refractivity contribution in [1.29, 1.82) is 0 Å². The summed E-state index contributed by atoms with van der Waals surface area (Å²) in [5.74, 6) is 0.361. The Balaban J connectivity index is 4.25. The molecule has 0 atom stereocenters. The van der Waals surface area contributed by atoms with Gasteiger partial charge >= 0.3 is 0 Å². The van der Waals surface area contributed by atoms with Gasteiger partial charge in [0.2, 0.25) is 17.7 Å². The van der Waals surface area contributed by atoms with Crippen LogP contribution in [0, 0.1) is 0 Å². The first kappa shape index (κ1) is 63.3. The van der Waals surface area contributed by atoms with E-state index in [1.54, 1.807) is 0 Å². The largest absolute Gasteiger partial charge is 0.356 e. The van der Waals surface area contributed by atoms with Gasteiger partial charge in [-0.1, -0.05) is 252 Å². The number of hydrogen-bond acceptors (Lipinski definition) is 5. The number of hydrogen-bond donors (Lipinski definition) is 4. The number of amides is 3. The van der Waals surface area contributed by atoms with Crippen LogP contribution in [0.5, 0.6) is 0 Å². The summed E-state index contributed by atoms with van der Waals surface area (Å²) in [6.07, 6.45) is 54.2. The molecular formula is C57H115N5O3. The molecule has 4 N–H and O–H groups in total. The van der Waals surface area contributed by atoms with Gasteiger partial charge in [0.25, 0.3) is 0 Å². The van der Waals surface area contributed by atoms with Crippen molar-refractivity contribution in [3.63, 3.8) is 0 Å². The number of carbonyl (C=O) groups excluding carboxylic acids is 3. The van der Waals surface area contributed by atoms with Crippen LogP contribution in [0.25, 0.3) is 0 Å². The van der Waals surface area contributed by atoms with Crippen LogP contribution in [0.3, 0.4) is 0 Å². The van der Waals surface area contributed by atoms with E-state index in [9.17, 15) is 14.4 Å². The monoisotopic (exact) mass is 918 g/mol. The lowest BCUT2D eigenvalue weighted by Gasteiger charge is -2.22. The van der Waals surface area contributed by atoms with Crippen LogP contribution in [-0.2, 0) is 14.4 Å². The molecule has 8 nitrogen and oxygen atoms in total. The van der Waals surface area contributed by atoms with Gasteiger partial charge in [0.05, 0.1) is 0 Å². The van der Waals surface area contributed by atoms with Crippen molar-refractivity contribution in [2.45, 2.75) is 297 Å². The second kappa shape index (κ2) is 54.9. The normalized spacial score (nSPS) is 11.4. The van der Waals surface area contributed by atoms with E-state index in [-0.39, 0.29) is 17.7 Å². The fourth-order valence-electron chi connectivity index (χ4n) is 8.99. The smallest absolute Gasteiger partial charge is 0.221 e. The van der Waals surface area contributed by atoms with Crippen molar-refractivity contribution in [3.05, 3.63) is 0 Å². The minimum Gasteiger partial charge on any atom is -0.356 e. The predicted octanol–water partition coefficient (Wildman–Crippen LogP) is 15.1. The third kappa shape index (κ3) is 53.2. The molecular weight excluding hydrogens is 803 g/mol. The second-order valence-corrected chi connectivity index (χ2v) is 20.0. The summed E-state index contributed by atoms with van der Waals surface area (Å²) in [6, 6.07) is 0. The molecule has 0 aliphatic rings. The second-order valence-electron chi connectivity index (χ2n) is 20.0. The lowest BCUT2D eigenvalue weighted by molar-refractivity contribution is -0.122. The molecule has 0 spiro atoms. The van der Waals surface area contributed by atoms with Crippen LogP contribution < -0.4 is 21.3 Å². The van der Waals surface area contributed by atoms with Crippen molar-refractivity contribution >= 4 is 17.7 Å². The number of carbonyl (C=O) groups is 3. The molecule has 0 unspecified atom stereocenters. The SMILES string of the molecule is CCCCCCCCCCCCCCCNC(=O)CCNCCCN(CCC(=O)NCCCCCCCCCCCCCCC)CCC(=O)NCCCCCCCCCCCCCCC. The van der Waals surface area contributed by atoms with E-state index < -0.39 is 0 Å². The Labute approximate surface area is 406 Å². The summed E-state index contributed by atoms with van der Waals surface area (Å²) in [6.45, 7) is 12.8. The maximum atomic E-state index is 12.8. The van der Waals surface area contributed by atoms with Gasteiger partial charge in [-0.15, -0.1) is 0 Å². The van der Waals surface area contributed by atoms with Gasteiger partial charge in [-0.05, 0) is 38.8 Å². The van der Waals surface area contributed by atoms with E-state index in [0.29, 0.717) is 38.9 Å². The molecule has 0 bridgehead atoms. The van der Waals surface area contributed by atoms with Crippen LogP contribution in [0.4, 0.5) is 0 Å². The molecule has 0 rings (SSSR count). The van der Waals surface area contributed by atoms with Crippen molar-refractivity contribution in [2.75, 3.05) is 52.4 Å². The summed E-state index contributed by atoms with van der Waals surface area (Å²) < 4.78 is 0. The molecule has 0 radical (unpaired) electrons. The summed E-state index contributed by atoms with van der Waals surface area (Å²) in [5, 5.41) is 12.9. The molecule has 0 aromatic rings. The van der Waals surface area contributed by atoms with Crippen molar-refractivity contribution in [1.82, 2.24) is 26.2 Å². The van der Waals surface area contributed by atoms with E-state index in [1.165, 1.54) is 231 Å². The average Bonchev–Trinajstić information content (AvgIpc) is 3.30. The Bertz CT molecular complexity index is 932. The lowest BCUT2D eigenvalue weighted by Crippen LogP contribution is -2.36. The van der Waals surface area contributed by atoms with E-state index in [1.807, 2.05) is 0 Å². The van der Waals surface area contributed by atoms with E-state index in [4.69, 9.17) is 0 Å². The Morgan fingerprint density at radius 3 is 0.785 bits per heavy atom. The maximum Gasteiger partial charge on any atom is 0.221 e. The van der Waals surface area contributed by atoms with Crippen molar-refractivity contribution < 1.29 is 14.4 Å². The molecule has 0 aliphatic heterocycles. The van der Waals surface area contributed by atoms with Gasteiger partial charge in [-0.25, -0.2) is 0 Å². The maximum absolute atomic E-state index is 12.8.